The van der Waals surface area contributed by atoms with E-state index in [0.29, 0.717) is 12.3 Å². The van der Waals surface area contributed by atoms with Gasteiger partial charge in [-0.3, -0.25) is 4.79 Å². The number of imidazole rings is 1. The first-order valence-electron chi connectivity index (χ1n) is 7.41. The smallest absolute Gasteiger partial charge is 0.221 e. The molecule has 2 rings (SSSR count). The van der Waals surface area contributed by atoms with Crippen LogP contribution in [0.4, 0.5) is 0 Å². The molecular weight excluding hydrogens is 278 g/mol. The number of hydrogen-bond donors (Lipinski definition) is 1. The highest BCUT2D eigenvalue weighted by Gasteiger charge is 2.21. The normalized spacial score (nSPS) is 12.2. The average Bonchev–Trinajstić information content (AvgIpc) is 2.90. The van der Waals surface area contributed by atoms with Gasteiger partial charge in [0, 0.05) is 25.9 Å². The maximum absolute atomic E-state index is 12.2. The zero-order valence-electron chi connectivity index (χ0n) is 13.5. The predicted octanol–water partition coefficient (Wildman–Crippen LogP) is 2.68. The van der Waals surface area contributed by atoms with Crippen molar-refractivity contribution in [2.24, 2.45) is 13.0 Å². The minimum atomic E-state index is -0.290. The number of benzene rings is 1. The largest absolute Gasteiger partial charge is 0.497 e. The molecule has 0 fully saturated rings. The molecule has 0 unspecified atom stereocenters. The highest BCUT2D eigenvalue weighted by molar-refractivity contribution is 5.77. The van der Waals surface area contributed by atoms with E-state index in [2.05, 4.69) is 10.3 Å². The van der Waals surface area contributed by atoms with Crippen LogP contribution >= 0.6 is 0 Å². The molecule has 0 saturated carbocycles. The number of aryl methyl sites for hydroxylation is 1. The van der Waals surface area contributed by atoms with Crippen LogP contribution in [0.25, 0.3) is 0 Å². The summed E-state index contributed by atoms with van der Waals surface area (Å²) in [5, 5.41) is 3.08. The molecule has 1 amide bonds. The first-order chi connectivity index (χ1) is 10.5. The number of methoxy groups -OCH3 is 1. The van der Waals surface area contributed by atoms with E-state index in [0.717, 1.165) is 17.1 Å². The van der Waals surface area contributed by atoms with Crippen LogP contribution in [0.3, 0.4) is 0 Å². The minimum Gasteiger partial charge on any atom is -0.497 e. The molecule has 0 aliphatic rings. The molecule has 5 heteroatoms. The number of rotatable bonds is 6. The summed E-state index contributed by atoms with van der Waals surface area (Å²) in [4.78, 5) is 16.6. The number of amides is 1. The number of nitrogens with one attached hydrogen (secondary N) is 1. The maximum Gasteiger partial charge on any atom is 0.221 e. The van der Waals surface area contributed by atoms with Gasteiger partial charge in [-0.15, -0.1) is 0 Å². The van der Waals surface area contributed by atoms with E-state index in [4.69, 9.17) is 4.74 Å². The van der Waals surface area contributed by atoms with Crippen LogP contribution in [-0.2, 0) is 11.8 Å². The first kappa shape index (κ1) is 16.1. The molecule has 0 aliphatic carbocycles. The number of ether oxygens (including phenoxy) is 1. The van der Waals surface area contributed by atoms with Crippen molar-refractivity contribution >= 4 is 5.91 Å². The molecule has 22 heavy (non-hydrogen) atoms. The summed E-state index contributed by atoms with van der Waals surface area (Å²) in [7, 11) is 3.55. The van der Waals surface area contributed by atoms with Gasteiger partial charge in [0.1, 0.15) is 17.6 Å². The molecule has 0 spiro atoms. The van der Waals surface area contributed by atoms with E-state index in [1.54, 1.807) is 13.3 Å². The summed E-state index contributed by atoms with van der Waals surface area (Å²) in [5.74, 6) is 1.89. The van der Waals surface area contributed by atoms with Gasteiger partial charge in [-0.2, -0.15) is 0 Å². The molecule has 1 atom stereocenters. The lowest BCUT2D eigenvalue weighted by Crippen LogP contribution is -2.31. The number of carbonyl (C=O) groups is 1. The highest BCUT2D eigenvalue weighted by atomic mass is 16.5. The molecule has 1 aromatic carbocycles. The second-order valence-electron chi connectivity index (χ2n) is 5.77. The Hall–Kier alpha value is -2.30. The van der Waals surface area contributed by atoms with Gasteiger partial charge in [0.15, 0.2) is 0 Å². The number of hydrogen-bond acceptors (Lipinski definition) is 3. The Morgan fingerprint density at radius 1 is 1.41 bits per heavy atom. The van der Waals surface area contributed by atoms with Crippen LogP contribution in [0.1, 0.15) is 37.7 Å². The van der Waals surface area contributed by atoms with Crippen molar-refractivity contribution in [3.05, 3.63) is 48.0 Å². The Bertz CT molecular complexity index is 634. The van der Waals surface area contributed by atoms with Crippen molar-refractivity contribution < 1.29 is 9.53 Å². The van der Waals surface area contributed by atoms with E-state index >= 15 is 0 Å². The van der Waals surface area contributed by atoms with Crippen molar-refractivity contribution in [2.75, 3.05) is 7.11 Å². The Kier molecular flexibility index (Phi) is 5.20. The lowest BCUT2D eigenvalue weighted by Gasteiger charge is -2.20. The van der Waals surface area contributed by atoms with Gasteiger partial charge in [0.2, 0.25) is 5.91 Å². The quantitative estimate of drug-likeness (QED) is 0.892. The molecule has 0 bridgehead atoms. The topological polar surface area (TPSA) is 56.1 Å². The van der Waals surface area contributed by atoms with Crippen LogP contribution in [0.2, 0.25) is 0 Å². The van der Waals surface area contributed by atoms with E-state index in [1.165, 1.54) is 0 Å². The first-order valence-corrected chi connectivity index (χ1v) is 7.41. The summed E-state index contributed by atoms with van der Waals surface area (Å²) in [6.07, 6.45) is 4.10. The second kappa shape index (κ2) is 7.11. The van der Waals surface area contributed by atoms with Crippen molar-refractivity contribution in [2.45, 2.75) is 26.3 Å². The van der Waals surface area contributed by atoms with E-state index in [1.807, 2.05) is 55.9 Å². The van der Waals surface area contributed by atoms with Gasteiger partial charge < -0.3 is 14.6 Å². The highest BCUT2D eigenvalue weighted by Crippen LogP contribution is 2.24. The third-order valence-electron chi connectivity index (χ3n) is 3.44. The van der Waals surface area contributed by atoms with E-state index in [-0.39, 0.29) is 11.9 Å². The maximum atomic E-state index is 12.2. The minimum absolute atomic E-state index is 0.0193. The second-order valence-corrected chi connectivity index (χ2v) is 5.77. The summed E-state index contributed by atoms with van der Waals surface area (Å²) in [6.45, 7) is 4.06. The average molecular weight is 301 g/mol. The number of nitrogens with zero attached hydrogens (tertiary/aromatic N) is 2. The van der Waals surface area contributed by atoms with Crippen LogP contribution in [0.5, 0.6) is 5.75 Å². The lowest BCUT2D eigenvalue weighted by molar-refractivity contribution is -0.122. The summed E-state index contributed by atoms with van der Waals surface area (Å²) in [6, 6.07) is 7.40. The molecule has 1 N–H and O–H groups in total. The Morgan fingerprint density at radius 3 is 2.77 bits per heavy atom. The number of aromatic nitrogens is 2. The van der Waals surface area contributed by atoms with Crippen LogP contribution < -0.4 is 10.1 Å². The SMILES string of the molecule is COc1cccc([C@H](NC(=O)CC(C)C)c2nccn2C)c1. The van der Waals surface area contributed by atoms with Gasteiger partial charge in [0.05, 0.1) is 7.11 Å². The Balaban J connectivity index is 2.33. The molecule has 1 heterocycles. The van der Waals surface area contributed by atoms with Crippen molar-refractivity contribution in [1.82, 2.24) is 14.9 Å². The fourth-order valence-corrected chi connectivity index (χ4v) is 2.36. The van der Waals surface area contributed by atoms with Crippen molar-refractivity contribution in [3.63, 3.8) is 0 Å². The third kappa shape index (κ3) is 3.87. The molecule has 2 aromatic rings. The monoisotopic (exact) mass is 301 g/mol. The fourth-order valence-electron chi connectivity index (χ4n) is 2.36. The van der Waals surface area contributed by atoms with Gasteiger partial charge in [0.25, 0.3) is 0 Å². The molecule has 0 radical (unpaired) electrons. The van der Waals surface area contributed by atoms with Gasteiger partial charge in [-0.25, -0.2) is 4.98 Å². The molecular formula is C17H23N3O2. The van der Waals surface area contributed by atoms with Crippen molar-refractivity contribution in [3.8, 4) is 5.75 Å². The lowest BCUT2D eigenvalue weighted by atomic mass is 10.0. The predicted molar refractivity (Wildman–Crippen MR) is 85.6 cm³/mol. The van der Waals surface area contributed by atoms with E-state index in [9.17, 15) is 4.79 Å². The van der Waals surface area contributed by atoms with Crippen LogP contribution in [0.15, 0.2) is 36.7 Å². The van der Waals surface area contributed by atoms with Gasteiger partial charge >= 0.3 is 0 Å². The Labute approximate surface area is 131 Å². The van der Waals surface area contributed by atoms with Crippen LogP contribution in [0, 0.1) is 5.92 Å². The number of carbonyl (C=O) groups excluding carboxylic acids is 1. The zero-order chi connectivity index (χ0) is 16.1. The van der Waals surface area contributed by atoms with Crippen LogP contribution in [-0.4, -0.2) is 22.6 Å². The molecule has 5 nitrogen and oxygen atoms in total. The fraction of sp³-hybridized carbons (Fsp3) is 0.412. The molecule has 118 valence electrons. The Morgan fingerprint density at radius 2 is 2.18 bits per heavy atom. The zero-order valence-corrected chi connectivity index (χ0v) is 13.5. The van der Waals surface area contributed by atoms with Gasteiger partial charge in [-0.05, 0) is 23.6 Å². The van der Waals surface area contributed by atoms with E-state index < -0.39 is 0 Å². The molecule has 0 aliphatic heterocycles. The summed E-state index contributed by atoms with van der Waals surface area (Å²) in [5.41, 5.74) is 0.950. The van der Waals surface area contributed by atoms with Crippen molar-refractivity contribution in [1.29, 1.82) is 0 Å². The van der Waals surface area contributed by atoms with Gasteiger partial charge in [-0.1, -0.05) is 26.0 Å². The molecule has 1 aromatic heterocycles. The summed E-state index contributed by atoms with van der Waals surface area (Å²) >= 11 is 0. The summed E-state index contributed by atoms with van der Waals surface area (Å²) < 4.78 is 7.20. The third-order valence-corrected chi connectivity index (χ3v) is 3.44. The molecule has 0 saturated heterocycles. The standard InChI is InChI=1S/C17H23N3O2/c1-12(2)10-15(21)19-16(17-18-8-9-20(17)3)13-6-5-7-14(11-13)22-4/h5-9,11-12,16H,10H2,1-4H3,(H,19,21)/t16-/m0/s1.